The second-order valence-electron chi connectivity index (χ2n) is 8.03. The summed E-state index contributed by atoms with van der Waals surface area (Å²) in [6.45, 7) is 4.04. The average molecular weight is 490 g/mol. The standard InChI is InChI=1S/C24H31N3O6S/c1-4-13-25-24(29)20(5-2)26(15-18-9-7-6-8-10-18)23(28)16-27(34(3,30)31)19-11-12-21-22(14-19)33-17-32-21/h6-12,14,20H,4-5,13,15-17H2,1-3H3,(H,25,29). The molecular formula is C24H31N3O6S. The Labute approximate surface area is 200 Å². The van der Waals surface area contributed by atoms with Gasteiger partial charge in [0.15, 0.2) is 11.5 Å². The van der Waals surface area contributed by atoms with Crippen LogP contribution >= 0.6 is 0 Å². The van der Waals surface area contributed by atoms with Crippen molar-refractivity contribution in [3.05, 3.63) is 54.1 Å². The number of benzene rings is 2. The second-order valence-corrected chi connectivity index (χ2v) is 9.94. The number of rotatable bonds is 11. The molecule has 34 heavy (non-hydrogen) atoms. The van der Waals surface area contributed by atoms with Crippen LogP contribution in [-0.4, -0.2) is 57.3 Å². The molecule has 1 heterocycles. The van der Waals surface area contributed by atoms with Gasteiger partial charge in [-0.05, 0) is 30.5 Å². The number of nitrogens with one attached hydrogen (secondary N) is 1. The van der Waals surface area contributed by atoms with E-state index in [2.05, 4.69) is 5.32 Å². The monoisotopic (exact) mass is 489 g/mol. The van der Waals surface area contributed by atoms with Crippen molar-refractivity contribution in [1.29, 1.82) is 0 Å². The number of sulfonamides is 1. The number of fused-ring (bicyclic) bond motifs is 1. The van der Waals surface area contributed by atoms with Crippen molar-refractivity contribution in [2.75, 3.05) is 30.4 Å². The molecule has 0 radical (unpaired) electrons. The van der Waals surface area contributed by atoms with Crippen LogP contribution in [0.4, 0.5) is 5.69 Å². The van der Waals surface area contributed by atoms with Gasteiger partial charge in [-0.25, -0.2) is 8.42 Å². The lowest BCUT2D eigenvalue weighted by Gasteiger charge is -2.32. The third-order valence-electron chi connectivity index (χ3n) is 5.45. The van der Waals surface area contributed by atoms with Crippen molar-refractivity contribution in [3.8, 4) is 11.5 Å². The molecule has 9 nitrogen and oxygen atoms in total. The Morgan fingerprint density at radius 2 is 1.76 bits per heavy atom. The number of hydrogen-bond acceptors (Lipinski definition) is 6. The average Bonchev–Trinajstić information content (AvgIpc) is 3.28. The molecule has 0 aromatic heterocycles. The number of carbonyl (C=O) groups excluding carboxylic acids is 2. The van der Waals surface area contributed by atoms with Gasteiger partial charge in [-0.3, -0.25) is 13.9 Å². The molecule has 1 aliphatic rings. The molecule has 0 bridgehead atoms. The molecule has 0 saturated carbocycles. The molecule has 0 spiro atoms. The fourth-order valence-corrected chi connectivity index (χ4v) is 4.56. The molecule has 10 heteroatoms. The highest BCUT2D eigenvalue weighted by Gasteiger charge is 2.32. The maximum atomic E-state index is 13.6. The van der Waals surface area contributed by atoms with Gasteiger partial charge >= 0.3 is 0 Å². The first kappa shape index (κ1) is 25.4. The first-order chi connectivity index (χ1) is 16.2. The molecular weight excluding hydrogens is 458 g/mol. The first-order valence-electron chi connectivity index (χ1n) is 11.2. The summed E-state index contributed by atoms with van der Waals surface area (Å²) in [6.07, 6.45) is 2.19. The van der Waals surface area contributed by atoms with E-state index in [0.717, 1.165) is 22.5 Å². The van der Waals surface area contributed by atoms with Gasteiger partial charge in [0, 0.05) is 19.2 Å². The van der Waals surface area contributed by atoms with Crippen LogP contribution in [0.15, 0.2) is 48.5 Å². The van der Waals surface area contributed by atoms with Crippen LogP contribution in [0.25, 0.3) is 0 Å². The Morgan fingerprint density at radius 3 is 2.41 bits per heavy atom. The summed E-state index contributed by atoms with van der Waals surface area (Å²) in [5.74, 6) is 0.172. The summed E-state index contributed by atoms with van der Waals surface area (Å²) in [4.78, 5) is 27.9. The van der Waals surface area contributed by atoms with Gasteiger partial charge in [-0.15, -0.1) is 0 Å². The van der Waals surface area contributed by atoms with Crippen molar-refractivity contribution in [1.82, 2.24) is 10.2 Å². The summed E-state index contributed by atoms with van der Waals surface area (Å²) >= 11 is 0. The zero-order valence-electron chi connectivity index (χ0n) is 19.7. The number of ether oxygens (including phenoxy) is 2. The van der Waals surface area contributed by atoms with Gasteiger partial charge in [-0.1, -0.05) is 44.2 Å². The Bertz CT molecular complexity index is 1110. The van der Waals surface area contributed by atoms with Gasteiger partial charge < -0.3 is 19.7 Å². The molecule has 2 aromatic carbocycles. The van der Waals surface area contributed by atoms with E-state index in [1.165, 1.54) is 11.0 Å². The third-order valence-corrected chi connectivity index (χ3v) is 6.59. The van der Waals surface area contributed by atoms with E-state index in [1.807, 2.05) is 44.2 Å². The zero-order valence-corrected chi connectivity index (χ0v) is 20.5. The van der Waals surface area contributed by atoms with E-state index in [9.17, 15) is 18.0 Å². The van der Waals surface area contributed by atoms with Crippen molar-refractivity contribution in [3.63, 3.8) is 0 Å². The topological polar surface area (TPSA) is 105 Å². The van der Waals surface area contributed by atoms with Gasteiger partial charge in [0.05, 0.1) is 11.9 Å². The van der Waals surface area contributed by atoms with Crippen LogP contribution in [0, 0.1) is 0 Å². The molecule has 1 unspecified atom stereocenters. The van der Waals surface area contributed by atoms with Gasteiger partial charge in [-0.2, -0.15) is 0 Å². The Morgan fingerprint density at radius 1 is 1.06 bits per heavy atom. The highest BCUT2D eigenvalue weighted by Crippen LogP contribution is 2.36. The van der Waals surface area contributed by atoms with Crippen molar-refractivity contribution in [2.24, 2.45) is 0 Å². The van der Waals surface area contributed by atoms with Gasteiger partial charge in [0.1, 0.15) is 12.6 Å². The van der Waals surface area contributed by atoms with Crippen LogP contribution < -0.4 is 19.1 Å². The summed E-state index contributed by atoms with van der Waals surface area (Å²) in [6, 6.07) is 13.3. The quantitative estimate of drug-likeness (QED) is 0.520. The maximum absolute atomic E-state index is 13.6. The van der Waals surface area contributed by atoms with E-state index in [-0.39, 0.29) is 24.9 Å². The zero-order chi connectivity index (χ0) is 24.7. The molecule has 1 atom stereocenters. The lowest BCUT2D eigenvalue weighted by molar-refractivity contribution is -0.140. The van der Waals surface area contributed by atoms with Crippen LogP contribution in [0.2, 0.25) is 0 Å². The van der Waals surface area contributed by atoms with Crippen LogP contribution in [0.5, 0.6) is 11.5 Å². The summed E-state index contributed by atoms with van der Waals surface area (Å²) in [7, 11) is -3.81. The molecule has 2 aromatic rings. The van der Waals surface area contributed by atoms with Crippen molar-refractivity contribution < 1.29 is 27.5 Å². The number of amides is 2. The minimum Gasteiger partial charge on any atom is -0.454 e. The van der Waals surface area contributed by atoms with Gasteiger partial charge in [0.25, 0.3) is 0 Å². The van der Waals surface area contributed by atoms with E-state index >= 15 is 0 Å². The van der Waals surface area contributed by atoms with Crippen molar-refractivity contribution in [2.45, 2.75) is 39.3 Å². The molecule has 1 N–H and O–H groups in total. The van der Waals surface area contributed by atoms with E-state index in [1.54, 1.807) is 12.1 Å². The van der Waals surface area contributed by atoms with Gasteiger partial charge in [0.2, 0.25) is 28.6 Å². The van der Waals surface area contributed by atoms with Crippen LogP contribution in [0.1, 0.15) is 32.3 Å². The number of carbonyl (C=O) groups is 2. The predicted octanol–water partition coefficient (Wildman–Crippen LogP) is 2.51. The largest absolute Gasteiger partial charge is 0.454 e. The molecule has 2 amide bonds. The lowest BCUT2D eigenvalue weighted by atomic mass is 10.1. The minimum atomic E-state index is -3.81. The number of nitrogens with zero attached hydrogens (tertiary/aromatic N) is 2. The fourth-order valence-electron chi connectivity index (χ4n) is 3.72. The van der Waals surface area contributed by atoms with Crippen LogP contribution in [0.3, 0.4) is 0 Å². The highest BCUT2D eigenvalue weighted by atomic mass is 32.2. The number of anilines is 1. The maximum Gasteiger partial charge on any atom is 0.244 e. The first-order valence-corrected chi connectivity index (χ1v) is 13.1. The Balaban J connectivity index is 1.92. The number of hydrogen-bond donors (Lipinski definition) is 1. The second kappa shape index (κ2) is 11.2. The highest BCUT2D eigenvalue weighted by molar-refractivity contribution is 7.92. The SMILES string of the molecule is CCCNC(=O)C(CC)N(Cc1ccccc1)C(=O)CN(c1ccc2c(c1)OCO2)S(C)(=O)=O. The molecule has 184 valence electrons. The molecule has 0 fully saturated rings. The van der Waals surface area contributed by atoms with Crippen molar-refractivity contribution >= 4 is 27.5 Å². The smallest absolute Gasteiger partial charge is 0.244 e. The fraction of sp³-hybridized carbons (Fsp3) is 0.417. The molecule has 1 aliphatic heterocycles. The third kappa shape index (κ3) is 6.19. The normalized spacial score (nSPS) is 13.3. The van der Waals surface area contributed by atoms with E-state index in [4.69, 9.17) is 9.47 Å². The summed E-state index contributed by atoms with van der Waals surface area (Å²) in [5.41, 5.74) is 1.12. The summed E-state index contributed by atoms with van der Waals surface area (Å²) in [5, 5.41) is 2.85. The molecule has 3 rings (SSSR count). The van der Waals surface area contributed by atoms with Crippen LogP contribution in [-0.2, 0) is 26.2 Å². The molecule has 0 aliphatic carbocycles. The Kier molecular flexibility index (Phi) is 8.38. The molecule has 0 saturated heterocycles. The minimum absolute atomic E-state index is 0.0481. The summed E-state index contributed by atoms with van der Waals surface area (Å²) < 4.78 is 37.0. The van der Waals surface area contributed by atoms with E-state index < -0.39 is 28.5 Å². The van der Waals surface area contributed by atoms with E-state index in [0.29, 0.717) is 24.5 Å². The predicted molar refractivity (Wildman–Crippen MR) is 129 cm³/mol. The Hall–Kier alpha value is -3.27. The lowest BCUT2D eigenvalue weighted by Crippen LogP contribution is -2.52.